The maximum Gasteiger partial charge on any atom is 0.511 e. The van der Waals surface area contributed by atoms with Crippen LogP contribution in [0.15, 0.2) is 66.7 Å². The van der Waals surface area contributed by atoms with Crippen LogP contribution in [0.4, 0.5) is 13.2 Å². The zero-order chi connectivity index (χ0) is 32.1. The molecule has 0 spiro atoms. The SMILES string of the molecule is COC(=O)C(c1ccc(Cl)cc1)(c1ccc(Cl)cc1)c1ccc2nc(C3CC3)n(CC3CCN(S(=O)(=O)C(F)(F)F)CC3)c2c1. The number of hydrogen-bond donors (Lipinski definition) is 0. The molecule has 0 bridgehead atoms. The van der Waals surface area contributed by atoms with Crippen molar-refractivity contribution < 1.29 is 31.1 Å². The highest BCUT2D eigenvalue weighted by molar-refractivity contribution is 7.90. The van der Waals surface area contributed by atoms with E-state index in [1.807, 2.05) is 18.2 Å². The number of alkyl halides is 3. The molecule has 4 aromatic rings. The first kappa shape index (κ1) is 31.8. The molecular formula is C32H30Cl2F3N3O4S. The van der Waals surface area contributed by atoms with Gasteiger partial charge in [0.2, 0.25) is 0 Å². The molecule has 0 radical (unpaired) electrons. The lowest BCUT2D eigenvalue weighted by atomic mass is 9.69. The number of esters is 1. The van der Waals surface area contributed by atoms with E-state index in [4.69, 9.17) is 32.9 Å². The topological polar surface area (TPSA) is 81.5 Å². The molecule has 0 unspecified atom stereocenters. The van der Waals surface area contributed by atoms with Gasteiger partial charge in [-0.3, -0.25) is 4.79 Å². The van der Waals surface area contributed by atoms with Gasteiger partial charge in [-0.25, -0.2) is 13.4 Å². The lowest BCUT2D eigenvalue weighted by Gasteiger charge is -2.33. The maximum absolute atomic E-state index is 14.0. The summed E-state index contributed by atoms with van der Waals surface area (Å²) < 4.78 is 71.5. The van der Waals surface area contributed by atoms with Crippen molar-refractivity contribution in [2.24, 2.45) is 5.92 Å². The molecule has 1 aliphatic heterocycles. The van der Waals surface area contributed by atoms with Crippen molar-refractivity contribution in [3.05, 3.63) is 99.3 Å². The van der Waals surface area contributed by atoms with E-state index in [0.717, 1.165) is 29.7 Å². The molecule has 1 aromatic heterocycles. The number of nitrogens with zero attached hydrogens (tertiary/aromatic N) is 3. The Morgan fingerprint density at radius 2 is 1.42 bits per heavy atom. The highest BCUT2D eigenvalue weighted by Gasteiger charge is 2.50. The fraction of sp³-hybridized carbons (Fsp3) is 0.375. The summed E-state index contributed by atoms with van der Waals surface area (Å²) in [4.78, 5) is 18.9. The molecule has 0 N–H and O–H groups in total. The summed E-state index contributed by atoms with van der Waals surface area (Å²) in [5, 5.41) is 1.01. The number of imidazole rings is 1. The molecule has 2 fully saturated rings. The molecule has 2 aliphatic rings. The van der Waals surface area contributed by atoms with Gasteiger partial charge in [0.05, 0.1) is 18.1 Å². The Bertz CT molecular complexity index is 1790. The highest BCUT2D eigenvalue weighted by atomic mass is 35.5. The molecule has 13 heteroatoms. The lowest BCUT2D eigenvalue weighted by Crippen LogP contribution is -2.45. The summed E-state index contributed by atoms with van der Waals surface area (Å²) in [5.74, 6) is 0.554. The Morgan fingerprint density at radius 1 is 0.889 bits per heavy atom. The van der Waals surface area contributed by atoms with Crippen LogP contribution < -0.4 is 0 Å². The fourth-order valence-corrected chi connectivity index (χ4v) is 7.60. The van der Waals surface area contributed by atoms with Crippen molar-refractivity contribution in [1.29, 1.82) is 0 Å². The summed E-state index contributed by atoms with van der Waals surface area (Å²) in [6.45, 7) is 0.0439. The number of carbonyl (C=O) groups excluding carboxylic acids is 1. The van der Waals surface area contributed by atoms with Crippen molar-refractivity contribution in [3.8, 4) is 0 Å². The van der Waals surface area contributed by atoms with Crippen LogP contribution in [-0.2, 0) is 31.5 Å². The standard InChI is InChI=1S/C32H30Cl2F3N3O4S/c1-44-30(41)31(22-4-9-25(33)10-5-22,23-6-11-26(34)12-7-23)24-8-13-27-28(18-24)40(29(38-27)21-2-3-21)19-20-14-16-39(17-15-20)45(42,43)32(35,36)37/h4-13,18,20-21H,2-3,14-17,19H2,1H3. The minimum atomic E-state index is -5.37. The van der Waals surface area contributed by atoms with Gasteiger partial charge in [0.15, 0.2) is 0 Å². The molecule has 1 aliphatic carbocycles. The Morgan fingerprint density at radius 3 is 1.91 bits per heavy atom. The molecule has 7 nitrogen and oxygen atoms in total. The summed E-state index contributed by atoms with van der Waals surface area (Å²) >= 11 is 12.5. The van der Waals surface area contributed by atoms with Crippen LogP contribution in [0.1, 0.15) is 54.1 Å². The number of piperidine rings is 1. The molecule has 45 heavy (non-hydrogen) atoms. The fourth-order valence-electron chi connectivity index (χ4n) is 6.36. The molecule has 238 valence electrons. The second kappa shape index (κ2) is 11.9. The molecule has 0 amide bonds. The van der Waals surface area contributed by atoms with E-state index in [-0.39, 0.29) is 37.8 Å². The van der Waals surface area contributed by atoms with Crippen molar-refractivity contribution in [3.63, 3.8) is 0 Å². The normalized spacial score (nSPS) is 17.1. The quantitative estimate of drug-likeness (QED) is 0.144. The zero-order valence-corrected chi connectivity index (χ0v) is 26.6. The predicted octanol–water partition coefficient (Wildman–Crippen LogP) is 7.29. The number of ether oxygens (including phenoxy) is 1. The number of carbonyl (C=O) groups is 1. The summed E-state index contributed by atoms with van der Waals surface area (Å²) in [6, 6.07) is 19.6. The monoisotopic (exact) mass is 679 g/mol. The summed E-state index contributed by atoms with van der Waals surface area (Å²) in [6.07, 6.45) is 2.50. The van der Waals surface area contributed by atoms with E-state index in [9.17, 15) is 26.4 Å². The van der Waals surface area contributed by atoms with Gasteiger partial charge in [-0.15, -0.1) is 0 Å². The number of fused-ring (bicyclic) bond motifs is 1. The average Bonchev–Trinajstić information content (AvgIpc) is 3.81. The van der Waals surface area contributed by atoms with Crippen LogP contribution in [0.3, 0.4) is 0 Å². The maximum atomic E-state index is 14.0. The molecular weight excluding hydrogens is 650 g/mol. The Labute approximate surface area is 268 Å². The van der Waals surface area contributed by atoms with Crippen LogP contribution in [0.2, 0.25) is 10.0 Å². The molecule has 3 aromatic carbocycles. The van der Waals surface area contributed by atoms with Gasteiger partial charge in [0.1, 0.15) is 11.2 Å². The number of rotatable bonds is 8. The highest BCUT2D eigenvalue weighted by Crippen LogP contribution is 2.45. The second-order valence-electron chi connectivity index (χ2n) is 11.6. The zero-order valence-electron chi connectivity index (χ0n) is 24.2. The van der Waals surface area contributed by atoms with Crippen LogP contribution in [0.5, 0.6) is 0 Å². The summed E-state index contributed by atoms with van der Waals surface area (Å²) in [5.41, 5.74) is -3.33. The van der Waals surface area contributed by atoms with Crippen LogP contribution >= 0.6 is 23.2 Å². The van der Waals surface area contributed by atoms with Gasteiger partial charge in [0, 0.05) is 35.6 Å². The van der Waals surface area contributed by atoms with Crippen molar-refractivity contribution >= 4 is 50.2 Å². The smallest absolute Gasteiger partial charge is 0.468 e. The van der Waals surface area contributed by atoms with E-state index in [1.165, 1.54) is 7.11 Å². The number of halogens is 5. The predicted molar refractivity (Wildman–Crippen MR) is 166 cm³/mol. The minimum absolute atomic E-state index is 0.0684. The molecule has 1 saturated heterocycles. The van der Waals surface area contributed by atoms with Gasteiger partial charge < -0.3 is 9.30 Å². The third-order valence-electron chi connectivity index (χ3n) is 8.85. The lowest BCUT2D eigenvalue weighted by molar-refractivity contribution is -0.144. The Balaban J connectivity index is 1.45. The van der Waals surface area contributed by atoms with Crippen molar-refractivity contribution in [2.45, 2.75) is 49.1 Å². The molecule has 6 rings (SSSR count). The number of aromatic nitrogens is 2. The summed E-state index contributed by atoms with van der Waals surface area (Å²) in [7, 11) is -4.03. The van der Waals surface area contributed by atoms with Gasteiger partial charge in [-0.05, 0) is 84.7 Å². The minimum Gasteiger partial charge on any atom is -0.468 e. The van der Waals surface area contributed by atoms with Crippen molar-refractivity contribution in [1.82, 2.24) is 13.9 Å². The molecule has 1 saturated carbocycles. The average molecular weight is 681 g/mol. The molecule has 2 heterocycles. The van der Waals surface area contributed by atoms with Crippen LogP contribution in [-0.4, -0.2) is 54.0 Å². The van der Waals surface area contributed by atoms with E-state index < -0.39 is 26.9 Å². The number of methoxy groups -OCH3 is 1. The van der Waals surface area contributed by atoms with Gasteiger partial charge >= 0.3 is 21.5 Å². The first-order chi connectivity index (χ1) is 21.4. The first-order valence-electron chi connectivity index (χ1n) is 14.5. The van der Waals surface area contributed by atoms with Gasteiger partial charge in [-0.1, -0.05) is 53.5 Å². The third-order valence-corrected chi connectivity index (χ3v) is 11.0. The van der Waals surface area contributed by atoms with Gasteiger partial charge in [-0.2, -0.15) is 17.5 Å². The Kier molecular flexibility index (Phi) is 8.43. The van der Waals surface area contributed by atoms with E-state index in [1.54, 1.807) is 48.5 Å². The second-order valence-corrected chi connectivity index (χ2v) is 14.4. The third kappa shape index (κ3) is 5.73. The molecule has 0 atom stereocenters. The number of sulfonamides is 1. The Hall–Kier alpha value is -3.12. The van der Waals surface area contributed by atoms with Crippen LogP contribution in [0.25, 0.3) is 11.0 Å². The van der Waals surface area contributed by atoms with Crippen molar-refractivity contribution in [2.75, 3.05) is 20.2 Å². The first-order valence-corrected chi connectivity index (χ1v) is 16.7. The largest absolute Gasteiger partial charge is 0.511 e. The van der Waals surface area contributed by atoms with Gasteiger partial charge in [0.25, 0.3) is 0 Å². The van der Waals surface area contributed by atoms with E-state index >= 15 is 0 Å². The van der Waals surface area contributed by atoms with Crippen LogP contribution in [0, 0.1) is 5.92 Å². The van der Waals surface area contributed by atoms with E-state index in [2.05, 4.69) is 4.57 Å². The number of hydrogen-bond acceptors (Lipinski definition) is 5. The van der Waals surface area contributed by atoms with E-state index in [0.29, 0.717) is 37.6 Å². The number of benzene rings is 3.